The maximum absolute atomic E-state index is 13.2. The van der Waals surface area contributed by atoms with E-state index in [1.807, 2.05) is 48.3 Å². The molecule has 28 heavy (non-hydrogen) atoms. The van der Waals surface area contributed by atoms with E-state index in [0.717, 1.165) is 19.4 Å². The van der Waals surface area contributed by atoms with E-state index in [1.165, 1.54) is 11.1 Å². The zero-order chi connectivity index (χ0) is 19.5. The molecule has 0 bridgehead atoms. The van der Waals surface area contributed by atoms with Gasteiger partial charge in [-0.1, -0.05) is 60.7 Å². The summed E-state index contributed by atoms with van der Waals surface area (Å²) in [6.45, 7) is 0.763. The number of fused-ring (bicyclic) bond motifs is 1. The van der Waals surface area contributed by atoms with Crippen molar-refractivity contribution in [2.24, 2.45) is 11.8 Å². The molecule has 2 aliphatic rings. The normalized spacial score (nSPS) is 23.9. The molecule has 1 aliphatic carbocycles. The fraction of sp³-hybridized carbons (Fsp3) is 0.417. The molecule has 0 spiro atoms. The van der Waals surface area contributed by atoms with Gasteiger partial charge < -0.3 is 10.2 Å². The zero-order valence-electron chi connectivity index (χ0n) is 16.4. The third-order valence-electron chi connectivity index (χ3n) is 6.55. The number of amides is 2. The monoisotopic (exact) mass is 376 g/mol. The predicted molar refractivity (Wildman–Crippen MR) is 110 cm³/mol. The Balaban J connectivity index is 1.48. The van der Waals surface area contributed by atoms with Gasteiger partial charge in [0.1, 0.15) is 0 Å². The molecule has 1 heterocycles. The average Bonchev–Trinajstić information content (AvgIpc) is 3.15. The molecular weight excluding hydrogens is 348 g/mol. The Kier molecular flexibility index (Phi) is 5.47. The van der Waals surface area contributed by atoms with Crippen LogP contribution in [0.2, 0.25) is 0 Å². The molecule has 0 unspecified atom stereocenters. The van der Waals surface area contributed by atoms with Crippen molar-refractivity contribution in [3.63, 3.8) is 0 Å². The molecular formula is C24H28N2O2. The summed E-state index contributed by atoms with van der Waals surface area (Å²) >= 11 is 0. The Labute approximate surface area is 166 Å². The van der Waals surface area contributed by atoms with E-state index in [9.17, 15) is 9.59 Å². The zero-order valence-corrected chi connectivity index (χ0v) is 16.4. The third kappa shape index (κ3) is 3.96. The molecule has 2 fully saturated rings. The van der Waals surface area contributed by atoms with Crippen LogP contribution in [0.25, 0.3) is 0 Å². The van der Waals surface area contributed by atoms with Gasteiger partial charge in [-0.3, -0.25) is 9.59 Å². The maximum atomic E-state index is 13.2. The second-order valence-electron chi connectivity index (χ2n) is 8.24. The Hall–Kier alpha value is -2.62. The Morgan fingerprint density at radius 1 is 1.00 bits per heavy atom. The van der Waals surface area contributed by atoms with E-state index in [2.05, 4.69) is 29.6 Å². The number of hydrogen-bond acceptors (Lipinski definition) is 2. The molecule has 2 amide bonds. The molecule has 4 heteroatoms. The van der Waals surface area contributed by atoms with Gasteiger partial charge >= 0.3 is 0 Å². The summed E-state index contributed by atoms with van der Waals surface area (Å²) < 4.78 is 0. The standard InChI is InChI=1S/C24H28N2O2/c1-26(21-12-19-14-23(27)25-16-20(19)13-21)24(28)15-22(17-8-4-2-5-9-17)18-10-6-3-7-11-18/h2-11,19-22H,12-16H2,1H3,(H,25,27)/t19-,20+,21-/m1/s1. The average molecular weight is 377 g/mol. The SMILES string of the molecule is CN(C(=O)CC(c1ccccc1)c1ccccc1)[C@H]1C[C@H]2CNC(=O)C[C@H]2C1. The van der Waals surface area contributed by atoms with Crippen LogP contribution >= 0.6 is 0 Å². The van der Waals surface area contributed by atoms with Crippen molar-refractivity contribution in [3.8, 4) is 0 Å². The fourth-order valence-electron chi connectivity index (χ4n) is 4.87. The number of benzene rings is 2. The van der Waals surface area contributed by atoms with Crippen LogP contribution in [-0.2, 0) is 9.59 Å². The van der Waals surface area contributed by atoms with E-state index in [4.69, 9.17) is 0 Å². The second-order valence-corrected chi connectivity index (χ2v) is 8.24. The first kappa shape index (κ1) is 18.7. The number of hydrogen-bond donors (Lipinski definition) is 1. The van der Waals surface area contributed by atoms with Gasteiger partial charge in [-0.2, -0.15) is 0 Å². The summed E-state index contributed by atoms with van der Waals surface area (Å²) in [6.07, 6.45) is 3.02. The molecule has 1 saturated carbocycles. The number of piperidine rings is 1. The molecule has 3 atom stereocenters. The maximum Gasteiger partial charge on any atom is 0.223 e. The molecule has 4 nitrogen and oxygen atoms in total. The van der Waals surface area contributed by atoms with E-state index in [1.54, 1.807) is 0 Å². The lowest BCUT2D eigenvalue weighted by Gasteiger charge is -2.27. The topological polar surface area (TPSA) is 49.4 Å². The lowest BCUT2D eigenvalue weighted by Crippen LogP contribution is -2.38. The molecule has 2 aromatic rings. The van der Waals surface area contributed by atoms with Crippen LogP contribution in [0.1, 0.15) is 42.7 Å². The van der Waals surface area contributed by atoms with Gasteiger partial charge in [-0.25, -0.2) is 0 Å². The number of nitrogens with zero attached hydrogens (tertiary/aromatic N) is 1. The van der Waals surface area contributed by atoms with E-state index < -0.39 is 0 Å². The minimum absolute atomic E-state index is 0.0595. The molecule has 0 aromatic heterocycles. The van der Waals surface area contributed by atoms with E-state index in [-0.39, 0.29) is 23.8 Å². The van der Waals surface area contributed by atoms with Crippen LogP contribution in [0, 0.1) is 11.8 Å². The lowest BCUT2D eigenvalue weighted by atomic mass is 9.88. The van der Waals surface area contributed by atoms with Crippen molar-refractivity contribution in [3.05, 3.63) is 71.8 Å². The molecule has 1 saturated heterocycles. The highest BCUT2D eigenvalue weighted by molar-refractivity contribution is 5.78. The summed E-state index contributed by atoms with van der Waals surface area (Å²) in [5.74, 6) is 1.33. The van der Waals surface area contributed by atoms with Gasteiger partial charge in [-0.15, -0.1) is 0 Å². The summed E-state index contributed by atoms with van der Waals surface area (Å²) in [4.78, 5) is 26.8. The Morgan fingerprint density at radius 2 is 1.57 bits per heavy atom. The van der Waals surface area contributed by atoms with Crippen LogP contribution < -0.4 is 5.32 Å². The highest BCUT2D eigenvalue weighted by Gasteiger charge is 2.40. The lowest BCUT2D eigenvalue weighted by molar-refractivity contribution is -0.132. The smallest absolute Gasteiger partial charge is 0.223 e. The van der Waals surface area contributed by atoms with Gasteiger partial charge in [-0.05, 0) is 35.8 Å². The minimum atomic E-state index is 0.0595. The summed E-state index contributed by atoms with van der Waals surface area (Å²) in [5.41, 5.74) is 2.34. The van der Waals surface area contributed by atoms with Gasteiger partial charge in [0.15, 0.2) is 0 Å². The number of rotatable bonds is 5. The van der Waals surface area contributed by atoms with E-state index >= 15 is 0 Å². The molecule has 0 radical (unpaired) electrons. The number of carbonyl (C=O) groups is 2. The van der Waals surface area contributed by atoms with Crippen LogP contribution in [0.15, 0.2) is 60.7 Å². The predicted octanol–water partition coefficient (Wildman–Crippen LogP) is 3.58. The number of carbonyl (C=O) groups excluding carboxylic acids is 2. The van der Waals surface area contributed by atoms with Crippen molar-refractivity contribution < 1.29 is 9.59 Å². The molecule has 1 N–H and O–H groups in total. The van der Waals surface area contributed by atoms with Crippen LogP contribution in [0.4, 0.5) is 0 Å². The molecule has 1 aliphatic heterocycles. The highest BCUT2D eigenvalue weighted by Crippen LogP contribution is 2.39. The van der Waals surface area contributed by atoms with Gasteiger partial charge in [0.2, 0.25) is 11.8 Å². The van der Waals surface area contributed by atoms with E-state index in [0.29, 0.717) is 24.7 Å². The van der Waals surface area contributed by atoms with Crippen molar-refractivity contribution in [1.82, 2.24) is 10.2 Å². The first-order valence-electron chi connectivity index (χ1n) is 10.2. The third-order valence-corrected chi connectivity index (χ3v) is 6.55. The second kappa shape index (κ2) is 8.17. The first-order chi connectivity index (χ1) is 13.6. The minimum Gasteiger partial charge on any atom is -0.356 e. The summed E-state index contributed by atoms with van der Waals surface area (Å²) in [6, 6.07) is 20.8. The highest BCUT2D eigenvalue weighted by atomic mass is 16.2. The largest absolute Gasteiger partial charge is 0.356 e. The first-order valence-corrected chi connectivity index (χ1v) is 10.2. The van der Waals surface area contributed by atoms with Crippen LogP contribution in [0.3, 0.4) is 0 Å². The molecule has 146 valence electrons. The number of nitrogens with one attached hydrogen (secondary N) is 1. The van der Waals surface area contributed by atoms with Crippen molar-refractivity contribution in [1.29, 1.82) is 0 Å². The van der Waals surface area contributed by atoms with Gasteiger partial charge in [0, 0.05) is 38.4 Å². The van der Waals surface area contributed by atoms with Crippen molar-refractivity contribution in [2.45, 2.75) is 37.6 Å². The van der Waals surface area contributed by atoms with Gasteiger partial charge in [0.05, 0.1) is 0 Å². The Bertz CT molecular complexity index is 782. The van der Waals surface area contributed by atoms with Crippen molar-refractivity contribution in [2.75, 3.05) is 13.6 Å². The summed E-state index contributed by atoms with van der Waals surface area (Å²) in [5, 5.41) is 2.97. The van der Waals surface area contributed by atoms with Crippen LogP contribution in [0.5, 0.6) is 0 Å². The van der Waals surface area contributed by atoms with Crippen molar-refractivity contribution >= 4 is 11.8 Å². The quantitative estimate of drug-likeness (QED) is 0.867. The fourth-order valence-corrected chi connectivity index (χ4v) is 4.87. The van der Waals surface area contributed by atoms with Crippen LogP contribution in [-0.4, -0.2) is 36.3 Å². The molecule has 4 rings (SSSR count). The Morgan fingerprint density at radius 3 is 2.18 bits per heavy atom. The summed E-state index contributed by atoms with van der Waals surface area (Å²) in [7, 11) is 1.94. The van der Waals surface area contributed by atoms with Gasteiger partial charge in [0.25, 0.3) is 0 Å². The molecule has 2 aromatic carbocycles.